The highest BCUT2D eigenvalue weighted by Crippen LogP contribution is 2.23. The Morgan fingerprint density at radius 2 is 1.59 bits per heavy atom. The highest BCUT2D eigenvalue weighted by atomic mass is 32.2. The third-order valence-corrected chi connectivity index (χ3v) is 5.88. The summed E-state index contributed by atoms with van der Waals surface area (Å²) in [5.74, 6) is -0.476. The van der Waals surface area contributed by atoms with E-state index < -0.39 is 0 Å². The van der Waals surface area contributed by atoms with Crippen molar-refractivity contribution in [1.82, 2.24) is 15.5 Å². The number of likely N-dealkylation sites (tertiary alicyclic amines) is 1. The molecule has 0 bridgehead atoms. The molecular formula is C22H37N3O8S. The van der Waals surface area contributed by atoms with Gasteiger partial charge in [-0.1, -0.05) is 6.42 Å². The van der Waals surface area contributed by atoms with Crippen molar-refractivity contribution in [3.05, 3.63) is 0 Å². The fourth-order valence-electron chi connectivity index (χ4n) is 3.11. The van der Waals surface area contributed by atoms with Gasteiger partial charge in [-0.3, -0.25) is 24.1 Å². The smallest absolute Gasteiger partial charge is 0.242 e. The predicted molar refractivity (Wildman–Crippen MR) is 126 cm³/mol. The molecule has 12 heteroatoms. The van der Waals surface area contributed by atoms with Crippen molar-refractivity contribution in [3.8, 4) is 0 Å². The third-order valence-electron chi connectivity index (χ3n) is 4.94. The Morgan fingerprint density at radius 1 is 0.941 bits per heavy atom. The van der Waals surface area contributed by atoms with Crippen molar-refractivity contribution in [3.63, 3.8) is 0 Å². The van der Waals surface area contributed by atoms with Crippen LogP contribution in [-0.4, -0.2) is 106 Å². The van der Waals surface area contributed by atoms with E-state index in [2.05, 4.69) is 10.6 Å². The van der Waals surface area contributed by atoms with Gasteiger partial charge in [-0.25, -0.2) is 0 Å². The summed E-state index contributed by atoms with van der Waals surface area (Å²) in [7, 11) is 0. The largest absolute Gasteiger partial charge is 0.379 e. The number of nitrogens with one attached hydrogen (secondary N) is 2. The van der Waals surface area contributed by atoms with Crippen LogP contribution in [0.2, 0.25) is 0 Å². The Labute approximate surface area is 205 Å². The molecule has 1 unspecified atom stereocenters. The van der Waals surface area contributed by atoms with Gasteiger partial charge in [-0.2, -0.15) is 11.8 Å². The first-order chi connectivity index (χ1) is 16.5. The molecule has 1 saturated heterocycles. The number of rotatable bonds is 21. The molecule has 4 amide bonds. The zero-order chi connectivity index (χ0) is 25.0. The van der Waals surface area contributed by atoms with Crippen molar-refractivity contribution in [2.24, 2.45) is 0 Å². The van der Waals surface area contributed by atoms with E-state index in [9.17, 15) is 24.0 Å². The van der Waals surface area contributed by atoms with Crippen LogP contribution in [0.5, 0.6) is 0 Å². The number of carbonyl (C=O) groups excluding carboxylic acids is 5. The molecule has 1 heterocycles. The Kier molecular flexibility index (Phi) is 17.0. The fourth-order valence-corrected chi connectivity index (χ4v) is 3.74. The molecule has 194 valence electrons. The molecule has 0 radical (unpaired) electrons. The molecule has 1 aliphatic rings. The minimum Gasteiger partial charge on any atom is -0.379 e. The molecule has 0 aromatic heterocycles. The summed E-state index contributed by atoms with van der Waals surface area (Å²) in [5, 5.41) is 4.97. The highest BCUT2D eigenvalue weighted by Gasteiger charge is 2.37. The molecule has 1 fully saturated rings. The zero-order valence-corrected chi connectivity index (χ0v) is 20.7. The topological polar surface area (TPSA) is 140 Å². The lowest BCUT2D eigenvalue weighted by atomic mass is 10.2. The number of hydrogen-bond donors (Lipinski definition) is 2. The number of amides is 4. The van der Waals surface area contributed by atoms with Crippen LogP contribution in [0.1, 0.15) is 38.5 Å². The number of ether oxygens (including phenoxy) is 3. The van der Waals surface area contributed by atoms with Crippen LogP contribution in [0.4, 0.5) is 0 Å². The number of imide groups is 1. The molecule has 0 spiro atoms. The summed E-state index contributed by atoms with van der Waals surface area (Å²) in [4.78, 5) is 58.4. The molecule has 2 N–H and O–H groups in total. The van der Waals surface area contributed by atoms with Crippen LogP contribution in [0, 0.1) is 0 Å². The van der Waals surface area contributed by atoms with Crippen molar-refractivity contribution in [2.75, 3.05) is 65.5 Å². The SMILES string of the molecule is CSC1CC(=O)N(CCCCCC(=O)NCCOCCOCCOCCC(=O)NCC=O)C1=O. The van der Waals surface area contributed by atoms with Crippen molar-refractivity contribution in [1.29, 1.82) is 0 Å². The number of nitrogens with zero attached hydrogens (tertiary/aromatic N) is 1. The molecule has 1 rings (SSSR count). The van der Waals surface area contributed by atoms with E-state index in [1.165, 1.54) is 16.7 Å². The number of unbranched alkanes of at least 4 members (excludes halogenated alkanes) is 2. The van der Waals surface area contributed by atoms with Gasteiger partial charge in [0.15, 0.2) is 0 Å². The number of carbonyl (C=O) groups is 5. The number of hydrogen-bond acceptors (Lipinski definition) is 9. The second-order valence-electron chi connectivity index (χ2n) is 7.53. The maximum atomic E-state index is 12.0. The van der Waals surface area contributed by atoms with E-state index in [0.717, 1.165) is 6.42 Å². The summed E-state index contributed by atoms with van der Waals surface area (Å²) in [6, 6.07) is 0. The van der Waals surface area contributed by atoms with Gasteiger partial charge in [-0.15, -0.1) is 0 Å². The van der Waals surface area contributed by atoms with Gasteiger partial charge in [0, 0.05) is 32.4 Å². The summed E-state index contributed by atoms with van der Waals surface area (Å²) in [6.45, 7) is 3.05. The molecule has 0 saturated carbocycles. The Morgan fingerprint density at radius 3 is 2.24 bits per heavy atom. The standard InChI is InChI=1S/C22H37N3O8S/c1-34-18-17-21(29)25(22(18)30)9-4-2-3-5-19(27)24-8-12-32-14-16-33-15-13-31-11-6-20(28)23-7-10-26/h10,18H,2-9,11-17H2,1H3,(H,23,28)(H,24,27). The zero-order valence-electron chi connectivity index (χ0n) is 19.9. The van der Waals surface area contributed by atoms with E-state index >= 15 is 0 Å². The lowest BCUT2D eigenvalue weighted by molar-refractivity contribution is -0.138. The monoisotopic (exact) mass is 503 g/mol. The van der Waals surface area contributed by atoms with Gasteiger partial charge in [-0.05, 0) is 19.1 Å². The molecular weight excluding hydrogens is 466 g/mol. The average molecular weight is 504 g/mol. The Bertz CT molecular complexity index is 650. The van der Waals surface area contributed by atoms with Crippen LogP contribution in [0.25, 0.3) is 0 Å². The first-order valence-corrected chi connectivity index (χ1v) is 12.9. The van der Waals surface area contributed by atoms with E-state index in [-0.39, 0.29) is 54.9 Å². The summed E-state index contributed by atoms with van der Waals surface area (Å²) < 4.78 is 16.0. The molecule has 0 aromatic rings. The molecule has 0 aliphatic carbocycles. The van der Waals surface area contributed by atoms with E-state index in [1.807, 2.05) is 6.26 Å². The van der Waals surface area contributed by atoms with Crippen LogP contribution in [0.3, 0.4) is 0 Å². The summed E-state index contributed by atoms with van der Waals surface area (Å²) in [6.07, 6.45) is 5.53. The number of thioether (sulfide) groups is 1. The van der Waals surface area contributed by atoms with E-state index in [0.29, 0.717) is 71.7 Å². The van der Waals surface area contributed by atoms with Crippen LogP contribution in [0.15, 0.2) is 0 Å². The summed E-state index contributed by atoms with van der Waals surface area (Å²) >= 11 is 1.41. The quantitative estimate of drug-likeness (QED) is 0.125. The van der Waals surface area contributed by atoms with Gasteiger partial charge >= 0.3 is 0 Å². The van der Waals surface area contributed by atoms with Crippen molar-refractivity contribution < 1.29 is 38.2 Å². The van der Waals surface area contributed by atoms with Gasteiger partial charge < -0.3 is 29.6 Å². The predicted octanol–water partition coefficient (Wildman–Crippen LogP) is -0.0915. The Balaban J connectivity index is 1.84. The van der Waals surface area contributed by atoms with Crippen molar-refractivity contribution >= 4 is 41.7 Å². The van der Waals surface area contributed by atoms with Crippen LogP contribution < -0.4 is 10.6 Å². The molecule has 34 heavy (non-hydrogen) atoms. The Hall–Kier alpha value is -2.02. The average Bonchev–Trinajstić information content (AvgIpc) is 3.10. The minimum absolute atomic E-state index is 0.0116. The van der Waals surface area contributed by atoms with Gasteiger partial charge in [0.25, 0.3) is 0 Å². The van der Waals surface area contributed by atoms with Crippen LogP contribution in [-0.2, 0) is 38.2 Å². The second kappa shape index (κ2) is 19.3. The van der Waals surface area contributed by atoms with Crippen molar-refractivity contribution in [2.45, 2.75) is 43.8 Å². The maximum absolute atomic E-state index is 12.0. The lowest BCUT2D eigenvalue weighted by Crippen LogP contribution is -2.32. The third kappa shape index (κ3) is 13.6. The first kappa shape index (κ1) is 30.0. The highest BCUT2D eigenvalue weighted by molar-refractivity contribution is 8.00. The van der Waals surface area contributed by atoms with Crippen LogP contribution >= 0.6 is 11.8 Å². The van der Waals surface area contributed by atoms with Gasteiger partial charge in [0.1, 0.15) is 6.29 Å². The minimum atomic E-state index is -0.242. The maximum Gasteiger partial charge on any atom is 0.242 e. The normalized spacial score (nSPS) is 15.6. The van der Waals surface area contributed by atoms with E-state index in [4.69, 9.17) is 14.2 Å². The molecule has 0 aromatic carbocycles. The van der Waals surface area contributed by atoms with Gasteiger partial charge in [0.2, 0.25) is 23.6 Å². The molecule has 11 nitrogen and oxygen atoms in total. The molecule has 1 atom stereocenters. The first-order valence-electron chi connectivity index (χ1n) is 11.6. The fraction of sp³-hybridized carbons (Fsp3) is 0.773. The molecule has 1 aliphatic heterocycles. The summed E-state index contributed by atoms with van der Waals surface area (Å²) in [5.41, 5.74) is 0. The lowest BCUT2D eigenvalue weighted by Gasteiger charge is -2.14. The van der Waals surface area contributed by atoms with Gasteiger partial charge in [0.05, 0.1) is 51.4 Å². The van der Waals surface area contributed by atoms with E-state index in [1.54, 1.807) is 0 Å². The number of aldehydes is 1. The second-order valence-corrected chi connectivity index (χ2v) is 8.57.